The molecular formula is C31H39F2N7O5. The van der Waals surface area contributed by atoms with Crippen molar-refractivity contribution >= 4 is 35.0 Å². The van der Waals surface area contributed by atoms with Gasteiger partial charge in [0.25, 0.3) is 18.2 Å². The minimum Gasteiger partial charge on any atom is -0.396 e. The molecule has 45 heavy (non-hydrogen) atoms. The summed E-state index contributed by atoms with van der Waals surface area (Å²) < 4.78 is 27.8. The molecule has 1 atom stereocenters. The fourth-order valence-corrected chi connectivity index (χ4v) is 7.12. The average molecular weight is 628 g/mol. The predicted octanol–water partition coefficient (Wildman–Crippen LogP) is 3.46. The Balaban J connectivity index is 1.02. The van der Waals surface area contributed by atoms with Crippen molar-refractivity contribution in [3.05, 3.63) is 41.2 Å². The van der Waals surface area contributed by atoms with E-state index >= 15 is 0 Å². The van der Waals surface area contributed by atoms with Crippen molar-refractivity contribution in [2.45, 2.75) is 82.9 Å². The molecule has 0 spiro atoms. The zero-order valence-electron chi connectivity index (χ0n) is 25.3. The van der Waals surface area contributed by atoms with Crippen molar-refractivity contribution in [2.24, 2.45) is 5.92 Å². The molecule has 1 saturated carbocycles. The smallest absolute Gasteiger partial charge is 0.284 e. The number of aromatic nitrogens is 2. The van der Waals surface area contributed by atoms with Crippen molar-refractivity contribution in [2.75, 3.05) is 37.0 Å². The van der Waals surface area contributed by atoms with Crippen LogP contribution in [0.15, 0.2) is 24.4 Å². The third kappa shape index (κ3) is 6.17. The number of hydroxylamine groups is 1. The first-order valence-electron chi connectivity index (χ1n) is 15.8. The summed E-state index contributed by atoms with van der Waals surface area (Å²) in [6.07, 6.45) is 4.31. The van der Waals surface area contributed by atoms with Gasteiger partial charge in [0.15, 0.2) is 5.69 Å². The second-order valence-electron chi connectivity index (χ2n) is 12.4. The number of likely N-dealkylation sites (tertiary alicyclic amines) is 1. The van der Waals surface area contributed by atoms with Crippen molar-refractivity contribution in [1.82, 2.24) is 24.9 Å². The minimum atomic E-state index is -2.67. The number of hydrogen-bond donors (Lipinski definition) is 2. The molecular weight excluding hydrogens is 588 g/mol. The van der Waals surface area contributed by atoms with E-state index in [1.54, 1.807) is 27.9 Å². The summed E-state index contributed by atoms with van der Waals surface area (Å²) in [5, 5.41) is 7.94. The number of alkyl halides is 2. The van der Waals surface area contributed by atoms with Crippen LogP contribution in [0, 0.1) is 5.92 Å². The highest BCUT2D eigenvalue weighted by atomic mass is 19.3. The van der Waals surface area contributed by atoms with Crippen LogP contribution in [-0.2, 0) is 14.4 Å². The van der Waals surface area contributed by atoms with Crippen LogP contribution >= 0.6 is 0 Å². The number of nitrogens with one attached hydrogen (secondary N) is 1. The van der Waals surface area contributed by atoms with Crippen LogP contribution < -0.4 is 16.1 Å². The van der Waals surface area contributed by atoms with E-state index in [0.29, 0.717) is 18.2 Å². The topological polar surface area (TPSA) is 143 Å². The lowest BCUT2D eigenvalue weighted by Crippen LogP contribution is -2.54. The molecule has 1 aromatic carbocycles. The van der Waals surface area contributed by atoms with E-state index in [1.165, 1.54) is 6.20 Å². The summed E-state index contributed by atoms with van der Waals surface area (Å²) >= 11 is 0. The predicted molar refractivity (Wildman–Crippen MR) is 159 cm³/mol. The monoisotopic (exact) mass is 627 g/mol. The molecule has 4 amide bonds. The van der Waals surface area contributed by atoms with Crippen LogP contribution in [0.4, 0.5) is 20.2 Å². The summed E-state index contributed by atoms with van der Waals surface area (Å²) in [4.78, 5) is 60.7. The Morgan fingerprint density at radius 3 is 2.42 bits per heavy atom. The van der Waals surface area contributed by atoms with Crippen LogP contribution in [0.1, 0.15) is 97.2 Å². The normalized spacial score (nSPS) is 24.8. The van der Waals surface area contributed by atoms with Gasteiger partial charge in [-0.25, -0.2) is 8.78 Å². The number of anilines is 2. The average Bonchev–Trinajstić information content (AvgIpc) is 3.54. The van der Waals surface area contributed by atoms with Crippen molar-refractivity contribution in [3.8, 4) is 0 Å². The van der Waals surface area contributed by atoms with Gasteiger partial charge in [-0.15, -0.1) is 0 Å². The standard InChI is InChI=1S/C31H39F2N7O5/c1-2-39(23-5-3-4-21-26(23)31(44)40(30(21)43)24-10-11-25(41)35-29(24)42)45-20-12-14-37(15-13-20)16-18-6-8-19(9-7-18)38-17-22(34)27(36-38)28(32)33/h3-5,17-20,24,28H,2,6-16,34H2,1H3,(H,35,41,42). The Bertz CT molecular complexity index is 1470. The van der Waals surface area contributed by atoms with Gasteiger partial charge in [-0.1, -0.05) is 6.07 Å². The Morgan fingerprint density at radius 1 is 1.04 bits per heavy atom. The molecule has 242 valence electrons. The molecule has 14 heteroatoms. The van der Waals surface area contributed by atoms with E-state index in [9.17, 15) is 28.0 Å². The molecule has 0 bridgehead atoms. The molecule has 3 N–H and O–H groups in total. The summed E-state index contributed by atoms with van der Waals surface area (Å²) in [5.41, 5.74) is 6.36. The zero-order valence-corrected chi connectivity index (χ0v) is 25.3. The Hall–Kier alpha value is -3.91. The number of carbonyl (C=O) groups excluding carboxylic acids is 4. The molecule has 1 unspecified atom stereocenters. The molecule has 4 heterocycles. The van der Waals surface area contributed by atoms with Gasteiger partial charge < -0.3 is 10.6 Å². The van der Waals surface area contributed by atoms with Gasteiger partial charge >= 0.3 is 0 Å². The fourth-order valence-electron chi connectivity index (χ4n) is 7.12. The number of piperidine rings is 2. The summed E-state index contributed by atoms with van der Waals surface area (Å²) in [5.74, 6) is -1.64. The number of nitrogens with zero attached hydrogens (tertiary/aromatic N) is 5. The molecule has 0 radical (unpaired) electrons. The molecule has 1 aromatic heterocycles. The van der Waals surface area contributed by atoms with Crippen molar-refractivity contribution in [1.29, 1.82) is 0 Å². The fraction of sp³-hybridized carbons (Fsp3) is 0.581. The van der Waals surface area contributed by atoms with Gasteiger partial charge in [0, 0.05) is 38.8 Å². The Kier molecular flexibility index (Phi) is 8.87. The quantitative estimate of drug-likeness (QED) is 0.316. The molecule has 3 fully saturated rings. The minimum absolute atomic E-state index is 0.0461. The van der Waals surface area contributed by atoms with E-state index in [4.69, 9.17) is 10.6 Å². The third-order valence-corrected chi connectivity index (χ3v) is 9.52. The number of halogens is 2. The second kappa shape index (κ2) is 12.8. The number of hydrogen-bond acceptors (Lipinski definition) is 9. The van der Waals surface area contributed by atoms with E-state index in [-0.39, 0.29) is 47.5 Å². The van der Waals surface area contributed by atoms with Crippen LogP contribution in [0.3, 0.4) is 0 Å². The third-order valence-electron chi connectivity index (χ3n) is 9.52. The molecule has 12 nitrogen and oxygen atoms in total. The highest BCUT2D eigenvalue weighted by Crippen LogP contribution is 2.37. The van der Waals surface area contributed by atoms with E-state index in [0.717, 1.165) is 63.1 Å². The van der Waals surface area contributed by atoms with E-state index in [1.807, 2.05) is 6.92 Å². The van der Waals surface area contributed by atoms with Crippen LogP contribution in [0.5, 0.6) is 0 Å². The zero-order chi connectivity index (χ0) is 31.8. The highest BCUT2D eigenvalue weighted by molar-refractivity contribution is 6.25. The number of carbonyl (C=O) groups is 4. The molecule has 6 rings (SSSR count). The lowest BCUT2D eigenvalue weighted by molar-refractivity contribution is -0.136. The van der Waals surface area contributed by atoms with Crippen LogP contribution in [-0.4, -0.2) is 81.5 Å². The number of nitrogen functional groups attached to an aromatic ring is 1. The molecule has 2 aromatic rings. The molecule has 3 aliphatic heterocycles. The second-order valence-corrected chi connectivity index (χ2v) is 12.4. The van der Waals surface area contributed by atoms with Crippen molar-refractivity contribution < 1.29 is 32.8 Å². The summed E-state index contributed by atoms with van der Waals surface area (Å²) in [7, 11) is 0. The largest absolute Gasteiger partial charge is 0.396 e. The number of fused-ring (bicyclic) bond motifs is 1. The SMILES string of the molecule is CCN(OC1CCN(CC2CCC(n3cc(N)c(C(F)F)n3)CC2)CC1)c1cccc2c1C(=O)N(C1CCC(=O)NC1=O)C2=O. The first kappa shape index (κ1) is 31.1. The lowest BCUT2D eigenvalue weighted by Gasteiger charge is -2.38. The van der Waals surface area contributed by atoms with Crippen LogP contribution in [0.2, 0.25) is 0 Å². The maximum Gasteiger partial charge on any atom is 0.284 e. The Labute approximate surface area is 259 Å². The van der Waals surface area contributed by atoms with E-state index < -0.39 is 36.1 Å². The highest BCUT2D eigenvalue weighted by Gasteiger charge is 2.46. The first-order valence-corrected chi connectivity index (χ1v) is 15.8. The van der Waals surface area contributed by atoms with Gasteiger partial charge in [0.05, 0.1) is 34.6 Å². The van der Waals surface area contributed by atoms with Gasteiger partial charge in [-0.2, -0.15) is 5.10 Å². The van der Waals surface area contributed by atoms with E-state index in [2.05, 4.69) is 15.3 Å². The maximum atomic E-state index is 13.6. The lowest BCUT2D eigenvalue weighted by atomic mass is 9.85. The van der Waals surface area contributed by atoms with Gasteiger partial charge in [0.1, 0.15) is 6.04 Å². The summed E-state index contributed by atoms with van der Waals surface area (Å²) in [6, 6.07) is 4.10. The molecule has 4 aliphatic rings. The Morgan fingerprint density at radius 2 is 1.78 bits per heavy atom. The summed E-state index contributed by atoms with van der Waals surface area (Å²) in [6.45, 7) is 5.06. The van der Waals surface area contributed by atoms with Gasteiger partial charge in [0.2, 0.25) is 11.8 Å². The number of imide groups is 2. The number of benzene rings is 1. The maximum absolute atomic E-state index is 13.6. The van der Waals surface area contributed by atoms with Gasteiger partial charge in [-0.05, 0) is 69.9 Å². The number of amides is 4. The van der Waals surface area contributed by atoms with Crippen molar-refractivity contribution in [3.63, 3.8) is 0 Å². The number of rotatable bonds is 9. The van der Waals surface area contributed by atoms with Crippen LogP contribution in [0.25, 0.3) is 0 Å². The van der Waals surface area contributed by atoms with Gasteiger partial charge in [-0.3, -0.25) is 44.0 Å². The first-order chi connectivity index (χ1) is 21.6. The number of nitrogens with two attached hydrogens (primary N) is 1. The molecule has 2 saturated heterocycles. The molecule has 1 aliphatic carbocycles.